The minimum atomic E-state index is -1.07. The van der Waals surface area contributed by atoms with E-state index in [1.54, 1.807) is 0 Å². The fourth-order valence-electron chi connectivity index (χ4n) is 6.64. The van der Waals surface area contributed by atoms with Crippen molar-refractivity contribution in [2.45, 2.75) is 70.5 Å². The van der Waals surface area contributed by atoms with Gasteiger partial charge in [-0.15, -0.1) is 6.42 Å². The maximum Gasteiger partial charge on any atom is 0.159 e. The molecule has 0 aromatic carbocycles. The lowest BCUT2D eigenvalue weighted by molar-refractivity contribution is -0.140. The van der Waals surface area contributed by atoms with Crippen LogP contribution in [0, 0.1) is 40.9 Å². The van der Waals surface area contributed by atoms with Crippen LogP contribution < -0.4 is 0 Å². The Kier molecular flexibility index (Phi) is 3.38. The van der Waals surface area contributed by atoms with Crippen molar-refractivity contribution >= 4 is 5.78 Å². The van der Waals surface area contributed by atoms with Crippen molar-refractivity contribution in [2.24, 2.45) is 28.6 Å². The number of carbonyl (C=O) groups excluding carboxylic acids is 1. The molecule has 0 unspecified atom stereocenters. The standard InChI is InChI=1S/C21H28O3/c1-4-21(24)10-7-16-18-15(6-9-20(16,21)3)19(2)8-5-14(22)11-13(19)12-17(18)23/h1,12,14-16,18,22,24H,5-11H2,2-3H3/t14-,15+,16+,18-,19+,20+,21+/m1/s1. The van der Waals surface area contributed by atoms with Crippen molar-refractivity contribution in [3.8, 4) is 12.3 Å². The quantitative estimate of drug-likeness (QED) is 0.672. The van der Waals surface area contributed by atoms with Crippen LogP contribution in [0.1, 0.15) is 58.8 Å². The highest BCUT2D eigenvalue weighted by atomic mass is 16.3. The number of ketones is 1. The largest absolute Gasteiger partial charge is 0.393 e. The molecular formula is C21H28O3. The SMILES string of the molecule is C#C[C@]1(O)CC[C@H]2[C@@H]3C(=O)C=C4C[C@H](O)CC[C@]4(C)[C@H]3CC[C@@]21C. The van der Waals surface area contributed by atoms with Crippen molar-refractivity contribution in [3.05, 3.63) is 11.6 Å². The molecule has 0 amide bonds. The molecule has 3 fully saturated rings. The maximum atomic E-state index is 13.0. The Bertz CT molecular complexity index is 658. The highest BCUT2D eigenvalue weighted by Gasteiger charge is 2.65. The number of carbonyl (C=O) groups is 1. The Hall–Kier alpha value is -1.11. The van der Waals surface area contributed by atoms with Gasteiger partial charge in [0.1, 0.15) is 5.60 Å². The molecule has 0 aromatic heterocycles. The fourth-order valence-corrected chi connectivity index (χ4v) is 6.64. The van der Waals surface area contributed by atoms with E-state index in [0.717, 1.165) is 37.7 Å². The molecule has 4 rings (SSSR count). The first kappa shape index (κ1) is 16.4. The summed E-state index contributed by atoms with van der Waals surface area (Å²) < 4.78 is 0. The van der Waals surface area contributed by atoms with Crippen LogP contribution in [0.5, 0.6) is 0 Å². The van der Waals surface area contributed by atoms with E-state index in [1.165, 1.54) is 0 Å². The zero-order chi connectivity index (χ0) is 17.3. The van der Waals surface area contributed by atoms with Crippen molar-refractivity contribution in [2.75, 3.05) is 0 Å². The van der Waals surface area contributed by atoms with Crippen LogP contribution in [0.2, 0.25) is 0 Å². The Morgan fingerprint density at radius 1 is 1.17 bits per heavy atom. The summed E-state index contributed by atoms with van der Waals surface area (Å²) in [4.78, 5) is 13.0. The fraction of sp³-hybridized carbons (Fsp3) is 0.762. The summed E-state index contributed by atoms with van der Waals surface area (Å²) in [5.74, 6) is 3.35. The molecule has 0 saturated heterocycles. The molecule has 7 atom stereocenters. The lowest BCUT2D eigenvalue weighted by Crippen LogP contribution is -2.56. The lowest BCUT2D eigenvalue weighted by Gasteiger charge is -2.57. The van der Waals surface area contributed by atoms with Crippen LogP contribution in [0.25, 0.3) is 0 Å². The van der Waals surface area contributed by atoms with E-state index in [2.05, 4.69) is 19.8 Å². The second-order valence-corrected chi connectivity index (χ2v) is 9.12. The van der Waals surface area contributed by atoms with Crippen molar-refractivity contribution in [1.82, 2.24) is 0 Å². The summed E-state index contributed by atoms with van der Waals surface area (Å²) in [6, 6.07) is 0. The third-order valence-electron chi connectivity index (χ3n) is 8.31. The van der Waals surface area contributed by atoms with Gasteiger partial charge in [0, 0.05) is 11.3 Å². The molecule has 0 aromatic rings. The number of allylic oxidation sites excluding steroid dienone is 1. The van der Waals surface area contributed by atoms with Crippen LogP contribution >= 0.6 is 0 Å². The highest BCUT2D eigenvalue weighted by Crippen LogP contribution is 2.66. The van der Waals surface area contributed by atoms with E-state index in [-0.39, 0.29) is 34.6 Å². The van der Waals surface area contributed by atoms with Crippen molar-refractivity contribution in [3.63, 3.8) is 0 Å². The number of fused-ring (bicyclic) bond motifs is 5. The molecule has 24 heavy (non-hydrogen) atoms. The predicted molar refractivity (Wildman–Crippen MR) is 91.9 cm³/mol. The van der Waals surface area contributed by atoms with Gasteiger partial charge in [0.05, 0.1) is 6.10 Å². The monoisotopic (exact) mass is 328 g/mol. The molecule has 0 aliphatic heterocycles. The lowest BCUT2D eigenvalue weighted by atomic mass is 9.46. The number of rotatable bonds is 0. The predicted octanol–water partition coefficient (Wildman–Crippen LogP) is 2.85. The molecule has 4 aliphatic carbocycles. The van der Waals surface area contributed by atoms with Gasteiger partial charge in [-0.2, -0.15) is 0 Å². The number of hydrogen-bond acceptors (Lipinski definition) is 3. The molecule has 0 bridgehead atoms. The van der Waals surface area contributed by atoms with E-state index >= 15 is 0 Å². The maximum absolute atomic E-state index is 13.0. The minimum Gasteiger partial charge on any atom is -0.393 e. The zero-order valence-electron chi connectivity index (χ0n) is 14.7. The summed E-state index contributed by atoms with van der Waals surface area (Å²) in [5, 5.41) is 21.0. The Labute approximate surface area is 144 Å². The van der Waals surface area contributed by atoms with Gasteiger partial charge in [-0.25, -0.2) is 0 Å². The van der Waals surface area contributed by atoms with Gasteiger partial charge in [0.25, 0.3) is 0 Å². The summed E-state index contributed by atoms with van der Waals surface area (Å²) >= 11 is 0. The van der Waals surface area contributed by atoms with Gasteiger partial charge in [-0.3, -0.25) is 4.79 Å². The molecule has 0 spiro atoms. The minimum absolute atomic E-state index is 0.0184. The van der Waals surface area contributed by atoms with Crippen molar-refractivity contribution < 1.29 is 15.0 Å². The van der Waals surface area contributed by atoms with E-state index in [1.807, 2.05) is 6.08 Å². The molecule has 2 N–H and O–H groups in total. The molecule has 3 heteroatoms. The van der Waals surface area contributed by atoms with Crippen LogP contribution in [0.4, 0.5) is 0 Å². The summed E-state index contributed by atoms with van der Waals surface area (Å²) in [5.41, 5.74) is -0.248. The molecular weight excluding hydrogens is 300 g/mol. The van der Waals surface area contributed by atoms with E-state index in [9.17, 15) is 15.0 Å². The molecule has 0 radical (unpaired) electrons. The van der Waals surface area contributed by atoms with E-state index in [0.29, 0.717) is 18.8 Å². The third-order valence-corrected chi connectivity index (χ3v) is 8.31. The summed E-state index contributed by atoms with van der Waals surface area (Å²) in [6.07, 6.45) is 12.9. The van der Waals surface area contributed by atoms with Gasteiger partial charge in [-0.1, -0.05) is 25.3 Å². The first-order valence-electron chi connectivity index (χ1n) is 9.38. The Morgan fingerprint density at radius 3 is 2.58 bits per heavy atom. The van der Waals surface area contributed by atoms with E-state index < -0.39 is 5.60 Å². The average molecular weight is 328 g/mol. The third kappa shape index (κ3) is 1.85. The van der Waals surface area contributed by atoms with Gasteiger partial charge >= 0.3 is 0 Å². The summed E-state index contributed by atoms with van der Waals surface area (Å²) in [6.45, 7) is 4.39. The molecule has 0 heterocycles. The average Bonchev–Trinajstić information content (AvgIpc) is 2.82. The van der Waals surface area contributed by atoms with E-state index in [4.69, 9.17) is 6.42 Å². The number of terminal acetylenes is 1. The summed E-state index contributed by atoms with van der Waals surface area (Å²) in [7, 11) is 0. The normalized spacial score (nSPS) is 53.5. The second-order valence-electron chi connectivity index (χ2n) is 9.12. The number of aliphatic hydroxyl groups is 2. The molecule has 3 nitrogen and oxygen atoms in total. The molecule has 4 aliphatic rings. The molecule has 130 valence electrons. The van der Waals surface area contributed by atoms with Crippen LogP contribution in [0.15, 0.2) is 11.6 Å². The van der Waals surface area contributed by atoms with Gasteiger partial charge in [0.15, 0.2) is 5.78 Å². The van der Waals surface area contributed by atoms with Gasteiger partial charge < -0.3 is 10.2 Å². The highest BCUT2D eigenvalue weighted by molar-refractivity contribution is 5.94. The van der Waals surface area contributed by atoms with Crippen LogP contribution in [0.3, 0.4) is 0 Å². The van der Waals surface area contributed by atoms with Crippen LogP contribution in [-0.4, -0.2) is 27.7 Å². The topological polar surface area (TPSA) is 57.5 Å². The first-order valence-corrected chi connectivity index (χ1v) is 9.38. The molecule has 3 saturated carbocycles. The van der Waals surface area contributed by atoms with Crippen LogP contribution in [-0.2, 0) is 4.79 Å². The zero-order valence-corrected chi connectivity index (χ0v) is 14.7. The first-order chi connectivity index (χ1) is 11.2. The smallest absolute Gasteiger partial charge is 0.159 e. The van der Waals surface area contributed by atoms with Gasteiger partial charge in [-0.05, 0) is 68.3 Å². The number of aliphatic hydroxyl groups excluding tert-OH is 1. The number of hydrogen-bond donors (Lipinski definition) is 2. The van der Waals surface area contributed by atoms with Crippen molar-refractivity contribution in [1.29, 1.82) is 0 Å². The Balaban J connectivity index is 1.76. The second kappa shape index (κ2) is 4.96. The van der Waals surface area contributed by atoms with Gasteiger partial charge in [0.2, 0.25) is 0 Å². The Morgan fingerprint density at radius 2 is 1.88 bits per heavy atom.